The van der Waals surface area contributed by atoms with Crippen LogP contribution in [0.15, 0.2) is 0 Å². The highest BCUT2D eigenvalue weighted by atomic mass is 16.5. The molecule has 1 rings (SSSR count). The highest BCUT2D eigenvalue weighted by Crippen LogP contribution is 2.16. The van der Waals surface area contributed by atoms with Gasteiger partial charge in [0.1, 0.15) is 0 Å². The Hall–Kier alpha value is -1.59. The molecule has 0 atom stereocenters. The van der Waals surface area contributed by atoms with E-state index in [2.05, 4.69) is 53.3 Å². The van der Waals surface area contributed by atoms with E-state index in [9.17, 15) is 0 Å². The molecule has 0 saturated carbocycles. The van der Waals surface area contributed by atoms with Crippen LogP contribution in [0.5, 0.6) is 6.01 Å². The van der Waals surface area contributed by atoms with Gasteiger partial charge < -0.3 is 15.4 Å². The molecule has 0 spiro atoms. The minimum atomic E-state index is -0.113. The summed E-state index contributed by atoms with van der Waals surface area (Å²) in [4.78, 5) is 12.9. The molecule has 0 radical (unpaired) electrons. The molecule has 1 aromatic rings. The van der Waals surface area contributed by atoms with Crippen LogP contribution in [-0.4, -0.2) is 33.1 Å². The van der Waals surface area contributed by atoms with Crippen LogP contribution in [0.25, 0.3) is 0 Å². The molecular weight excluding hydrogens is 242 g/mol. The number of hydrogen-bond acceptors (Lipinski definition) is 6. The van der Waals surface area contributed by atoms with E-state index in [-0.39, 0.29) is 11.6 Å². The second kappa shape index (κ2) is 6.54. The van der Waals surface area contributed by atoms with Gasteiger partial charge in [0.05, 0.1) is 6.10 Å². The van der Waals surface area contributed by atoms with Crippen LogP contribution in [0, 0.1) is 0 Å². The zero-order chi connectivity index (χ0) is 14.5. The lowest BCUT2D eigenvalue weighted by atomic mass is 10.1. The topological polar surface area (TPSA) is 72.0 Å². The number of hydrogen-bond donors (Lipinski definition) is 2. The summed E-state index contributed by atoms with van der Waals surface area (Å²) >= 11 is 0. The van der Waals surface area contributed by atoms with E-state index in [4.69, 9.17) is 4.74 Å². The van der Waals surface area contributed by atoms with Crippen LogP contribution in [0.1, 0.15) is 48.0 Å². The molecule has 6 heteroatoms. The molecule has 0 saturated heterocycles. The average Bonchev–Trinajstić information content (AvgIpc) is 2.22. The molecule has 0 aliphatic carbocycles. The Morgan fingerprint density at radius 1 is 1.11 bits per heavy atom. The lowest BCUT2D eigenvalue weighted by Gasteiger charge is -2.21. The maximum absolute atomic E-state index is 5.55. The molecule has 0 aromatic carbocycles. The van der Waals surface area contributed by atoms with E-state index in [0.29, 0.717) is 17.9 Å². The van der Waals surface area contributed by atoms with Gasteiger partial charge in [0.2, 0.25) is 11.9 Å². The third-order valence-corrected chi connectivity index (χ3v) is 1.98. The first-order valence-corrected chi connectivity index (χ1v) is 6.75. The maximum Gasteiger partial charge on any atom is 0.323 e. The van der Waals surface area contributed by atoms with Crippen LogP contribution in [-0.2, 0) is 0 Å². The van der Waals surface area contributed by atoms with Gasteiger partial charge in [-0.25, -0.2) is 0 Å². The van der Waals surface area contributed by atoms with Crippen LogP contribution in [0.3, 0.4) is 0 Å². The van der Waals surface area contributed by atoms with Gasteiger partial charge in [-0.2, -0.15) is 15.0 Å². The predicted molar refractivity (Wildman–Crippen MR) is 77.7 cm³/mol. The van der Waals surface area contributed by atoms with Crippen molar-refractivity contribution >= 4 is 11.9 Å². The first kappa shape index (κ1) is 15.5. The fraction of sp³-hybridized carbons (Fsp3) is 0.769. The number of nitrogens with zero attached hydrogens (tertiary/aromatic N) is 3. The molecule has 0 aliphatic heterocycles. The van der Waals surface area contributed by atoms with Crippen LogP contribution >= 0.6 is 0 Å². The molecule has 6 nitrogen and oxygen atoms in total. The van der Waals surface area contributed by atoms with Crippen molar-refractivity contribution in [1.82, 2.24) is 15.0 Å². The number of anilines is 2. The number of ether oxygens (including phenoxy) is 1. The van der Waals surface area contributed by atoms with Crippen molar-refractivity contribution in [2.75, 3.05) is 17.2 Å². The largest absolute Gasteiger partial charge is 0.461 e. The Bertz CT molecular complexity index is 401. The van der Waals surface area contributed by atoms with Crippen molar-refractivity contribution < 1.29 is 4.74 Å². The lowest BCUT2D eigenvalue weighted by Crippen LogP contribution is -2.28. The molecular formula is C13H25N5O. The standard InChI is InChI=1S/C13H25N5O/c1-7-8-14-10-15-11(18-13(4,5)6)17-12(16-10)19-9(2)3/h9H,7-8H2,1-6H3,(H2,14,15,16,17,18). The lowest BCUT2D eigenvalue weighted by molar-refractivity contribution is 0.222. The summed E-state index contributed by atoms with van der Waals surface area (Å²) in [6.07, 6.45) is 1.04. The molecule has 0 unspecified atom stereocenters. The Morgan fingerprint density at radius 2 is 1.74 bits per heavy atom. The number of rotatable bonds is 6. The Balaban J connectivity index is 2.94. The smallest absolute Gasteiger partial charge is 0.323 e. The molecule has 108 valence electrons. The first-order chi connectivity index (χ1) is 8.80. The van der Waals surface area contributed by atoms with E-state index in [1.807, 2.05) is 13.8 Å². The van der Waals surface area contributed by atoms with Crippen molar-refractivity contribution in [2.45, 2.75) is 59.6 Å². The summed E-state index contributed by atoms with van der Waals surface area (Å²) in [6, 6.07) is 0.343. The first-order valence-electron chi connectivity index (χ1n) is 6.75. The van der Waals surface area contributed by atoms with Gasteiger partial charge in [-0.05, 0) is 41.0 Å². The fourth-order valence-electron chi connectivity index (χ4n) is 1.33. The van der Waals surface area contributed by atoms with E-state index in [1.165, 1.54) is 0 Å². The van der Waals surface area contributed by atoms with Crippen molar-refractivity contribution in [2.24, 2.45) is 0 Å². The minimum Gasteiger partial charge on any atom is -0.461 e. The Kier molecular flexibility index (Phi) is 5.32. The minimum absolute atomic E-state index is 0.0314. The molecule has 0 bridgehead atoms. The summed E-state index contributed by atoms with van der Waals surface area (Å²) in [6.45, 7) is 13.0. The SMILES string of the molecule is CCCNc1nc(NC(C)(C)C)nc(OC(C)C)n1. The third-order valence-electron chi connectivity index (χ3n) is 1.98. The summed E-state index contributed by atoms with van der Waals surface area (Å²) in [7, 11) is 0. The summed E-state index contributed by atoms with van der Waals surface area (Å²) in [5, 5.41) is 6.38. The molecule has 0 aliphatic rings. The van der Waals surface area contributed by atoms with E-state index in [0.717, 1.165) is 13.0 Å². The van der Waals surface area contributed by atoms with Crippen LogP contribution < -0.4 is 15.4 Å². The molecule has 2 N–H and O–H groups in total. The van der Waals surface area contributed by atoms with Gasteiger partial charge in [-0.3, -0.25) is 0 Å². The quantitative estimate of drug-likeness (QED) is 0.825. The van der Waals surface area contributed by atoms with Crippen LogP contribution in [0.4, 0.5) is 11.9 Å². The monoisotopic (exact) mass is 267 g/mol. The summed E-state index contributed by atoms with van der Waals surface area (Å²) < 4.78 is 5.55. The van der Waals surface area contributed by atoms with Crippen molar-refractivity contribution in [3.05, 3.63) is 0 Å². The van der Waals surface area contributed by atoms with Gasteiger partial charge >= 0.3 is 6.01 Å². The third kappa shape index (κ3) is 6.22. The summed E-state index contributed by atoms with van der Waals surface area (Å²) in [5.41, 5.74) is -0.113. The predicted octanol–water partition coefficient (Wildman–Crippen LogP) is 2.69. The normalized spacial score (nSPS) is 11.5. The molecule has 0 amide bonds. The van der Waals surface area contributed by atoms with Gasteiger partial charge in [-0.1, -0.05) is 6.92 Å². The second-order valence-electron chi connectivity index (χ2n) is 5.73. The zero-order valence-electron chi connectivity index (χ0n) is 12.7. The molecule has 19 heavy (non-hydrogen) atoms. The van der Waals surface area contributed by atoms with E-state index >= 15 is 0 Å². The van der Waals surface area contributed by atoms with Crippen LogP contribution in [0.2, 0.25) is 0 Å². The van der Waals surface area contributed by atoms with Gasteiger partial charge in [0, 0.05) is 12.1 Å². The van der Waals surface area contributed by atoms with Crippen molar-refractivity contribution in [3.63, 3.8) is 0 Å². The molecule has 1 heterocycles. The average molecular weight is 267 g/mol. The van der Waals surface area contributed by atoms with Gasteiger partial charge in [-0.15, -0.1) is 0 Å². The zero-order valence-corrected chi connectivity index (χ0v) is 12.7. The van der Waals surface area contributed by atoms with Gasteiger partial charge in [0.25, 0.3) is 0 Å². The Morgan fingerprint density at radius 3 is 2.26 bits per heavy atom. The van der Waals surface area contributed by atoms with Crippen molar-refractivity contribution in [3.8, 4) is 6.01 Å². The van der Waals surface area contributed by atoms with Gasteiger partial charge in [0.15, 0.2) is 0 Å². The molecule has 0 fully saturated rings. The maximum atomic E-state index is 5.55. The number of aromatic nitrogens is 3. The fourth-order valence-corrected chi connectivity index (χ4v) is 1.33. The van der Waals surface area contributed by atoms with E-state index < -0.39 is 0 Å². The highest BCUT2D eigenvalue weighted by molar-refractivity contribution is 5.37. The Labute approximate surface area is 115 Å². The van der Waals surface area contributed by atoms with Crippen molar-refractivity contribution in [1.29, 1.82) is 0 Å². The second-order valence-corrected chi connectivity index (χ2v) is 5.73. The molecule has 1 aromatic heterocycles. The van der Waals surface area contributed by atoms with E-state index in [1.54, 1.807) is 0 Å². The highest BCUT2D eigenvalue weighted by Gasteiger charge is 2.14. The summed E-state index contributed by atoms with van der Waals surface area (Å²) in [5.74, 6) is 1.07. The number of nitrogens with one attached hydrogen (secondary N) is 2.